The molecule has 1 unspecified atom stereocenters. The van der Waals surface area contributed by atoms with Crippen molar-refractivity contribution in [2.45, 2.75) is 58.0 Å². The number of nitrogens with one attached hydrogen (secondary N) is 1. The highest BCUT2D eigenvalue weighted by atomic mass is 35.5. The lowest BCUT2D eigenvalue weighted by molar-refractivity contribution is 0.166. The fourth-order valence-corrected chi connectivity index (χ4v) is 3.57. The molecule has 1 N–H and O–H groups in total. The van der Waals surface area contributed by atoms with Crippen LogP contribution < -0.4 is 5.32 Å². The average Bonchev–Trinajstić information content (AvgIpc) is 2.79. The van der Waals surface area contributed by atoms with Crippen molar-refractivity contribution in [1.29, 1.82) is 0 Å². The topological polar surface area (TPSA) is 15.3 Å². The zero-order chi connectivity index (χ0) is 15.3. The van der Waals surface area contributed by atoms with Crippen molar-refractivity contribution in [3.63, 3.8) is 0 Å². The molecule has 0 bridgehead atoms. The van der Waals surface area contributed by atoms with Crippen LogP contribution in [0.4, 0.5) is 0 Å². The van der Waals surface area contributed by atoms with Crippen LogP contribution in [0.5, 0.6) is 0 Å². The van der Waals surface area contributed by atoms with E-state index < -0.39 is 0 Å². The second kappa shape index (κ2) is 7.62. The van der Waals surface area contributed by atoms with Gasteiger partial charge in [0.1, 0.15) is 0 Å². The minimum absolute atomic E-state index is 0.357. The lowest BCUT2D eigenvalue weighted by Gasteiger charge is -2.33. The molecule has 1 aromatic carbocycles. The van der Waals surface area contributed by atoms with E-state index in [0.29, 0.717) is 11.6 Å². The maximum Gasteiger partial charge on any atom is 0.0453 e. The van der Waals surface area contributed by atoms with Gasteiger partial charge in [-0.1, -0.05) is 36.7 Å². The molecule has 1 heterocycles. The van der Waals surface area contributed by atoms with Crippen LogP contribution in [-0.2, 0) is 0 Å². The molecule has 1 saturated heterocycles. The summed E-state index contributed by atoms with van der Waals surface area (Å²) < 4.78 is 0. The quantitative estimate of drug-likeness (QED) is 0.789. The largest absolute Gasteiger partial charge is 0.310 e. The Morgan fingerprint density at radius 3 is 2.71 bits per heavy atom. The molecule has 0 amide bonds. The van der Waals surface area contributed by atoms with E-state index in [1.165, 1.54) is 24.9 Å². The highest BCUT2D eigenvalue weighted by molar-refractivity contribution is 6.31. The molecule has 1 aliphatic rings. The van der Waals surface area contributed by atoms with Gasteiger partial charge in [-0.05, 0) is 64.3 Å². The van der Waals surface area contributed by atoms with Crippen LogP contribution in [0.2, 0.25) is 5.02 Å². The fraction of sp³-hybridized carbons (Fsp3) is 0.667. The molecule has 1 aliphatic heterocycles. The van der Waals surface area contributed by atoms with E-state index in [4.69, 9.17) is 11.6 Å². The summed E-state index contributed by atoms with van der Waals surface area (Å²) in [5.74, 6) is 0. The van der Waals surface area contributed by atoms with Crippen LogP contribution in [0.1, 0.15) is 58.1 Å². The molecule has 21 heavy (non-hydrogen) atoms. The molecule has 0 radical (unpaired) electrons. The first-order valence-electron chi connectivity index (χ1n) is 8.27. The summed E-state index contributed by atoms with van der Waals surface area (Å²) in [6.07, 6.45) is 4.90. The summed E-state index contributed by atoms with van der Waals surface area (Å²) in [5.41, 5.74) is 1.60. The molecule has 0 spiro atoms. The van der Waals surface area contributed by atoms with Crippen LogP contribution in [-0.4, -0.2) is 30.1 Å². The molecule has 2 rings (SSSR count). The summed E-state index contributed by atoms with van der Waals surface area (Å²) >= 11 is 6.40. The predicted octanol–water partition coefficient (Wildman–Crippen LogP) is 4.65. The summed E-state index contributed by atoms with van der Waals surface area (Å²) in [6.45, 7) is 10.4. The molecular weight excluding hydrogens is 280 g/mol. The van der Waals surface area contributed by atoms with Crippen molar-refractivity contribution in [2.24, 2.45) is 0 Å². The molecule has 118 valence electrons. The molecule has 3 heteroatoms. The first-order valence-corrected chi connectivity index (χ1v) is 8.65. The van der Waals surface area contributed by atoms with Crippen molar-refractivity contribution in [1.82, 2.24) is 10.2 Å². The number of rotatable bonds is 7. The van der Waals surface area contributed by atoms with Crippen LogP contribution in [0.25, 0.3) is 0 Å². The Labute approximate surface area is 134 Å². The van der Waals surface area contributed by atoms with Gasteiger partial charge in [-0.25, -0.2) is 0 Å². The number of hydrogen-bond donors (Lipinski definition) is 1. The van der Waals surface area contributed by atoms with E-state index in [9.17, 15) is 0 Å². The van der Waals surface area contributed by atoms with Gasteiger partial charge in [-0.15, -0.1) is 0 Å². The third kappa shape index (κ3) is 4.45. The summed E-state index contributed by atoms with van der Waals surface area (Å²) in [7, 11) is 0. The molecule has 0 saturated carbocycles. The van der Waals surface area contributed by atoms with E-state index in [1.54, 1.807) is 0 Å². The van der Waals surface area contributed by atoms with Gasteiger partial charge >= 0.3 is 0 Å². The van der Waals surface area contributed by atoms with Gasteiger partial charge < -0.3 is 5.32 Å². The van der Waals surface area contributed by atoms with Gasteiger partial charge in [0.2, 0.25) is 0 Å². The van der Waals surface area contributed by atoms with Gasteiger partial charge in [0.15, 0.2) is 0 Å². The van der Waals surface area contributed by atoms with Gasteiger partial charge in [0.05, 0.1) is 0 Å². The van der Waals surface area contributed by atoms with Crippen molar-refractivity contribution in [3.8, 4) is 0 Å². The number of nitrogens with zero attached hydrogens (tertiary/aromatic N) is 1. The molecule has 1 aromatic rings. The lowest BCUT2D eigenvalue weighted by atomic mass is 10.00. The minimum Gasteiger partial charge on any atom is -0.310 e. The second-order valence-corrected chi connectivity index (χ2v) is 7.13. The maximum atomic E-state index is 6.40. The SMILES string of the molecule is CCCNC(CCN1CCCC1(C)C)c1ccccc1Cl. The molecule has 2 nitrogen and oxygen atoms in total. The van der Waals surface area contributed by atoms with Crippen LogP contribution in [0, 0.1) is 0 Å². The number of likely N-dealkylation sites (tertiary alicyclic amines) is 1. The summed E-state index contributed by atoms with van der Waals surface area (Å²) in [6, 6.07) is 8.60. The Morgan fingerprint density at radius 2 is 2.10 bits per heavy atom. The maximum absolute atomic E-state index is 6.40. The van der Waals surface area contributed by atoms with Crippen molar-refractivity contribution >= 4 is 11.6 Å². The predicted molar refractivity (Wildman–Crippen MR) is 92.0 cm³/mol. The Balaban J connectivity index is 2.02. The second-order valence-electron chi connectivity index (χ2n) is 6.72. The van der Waals surface area contributed by atoms with Gasteiger partial charge in [0, 0.05) is 23.1 Å². The molecule has 0 aromatic heterocycles. The van der Waals surface area contributed by atoms with Gasteiger partial charge in [-0.3, -0.25) is 4.90 Å². The van der Waals surface area contributed by atoms with Crippen LogP contribution in [0.15, 0.2) is 24.3 Å². The zero-order valence-electron chi connectivity index (χ0n) is 13.7. The Bertz CT molecular complexity index is 445. The third-order valence-electron chi connectivity index (χ3n) is 4.68. The standard InChI is InChI=1S/C18H29ClN2/c1-4-12-20-17(15-8-5-6-9-16(15)19)10-14-21-13-7-11-18(21,2)3/h5-6,8-9,17,20H,4,7,10-14H2,1-3H3. The number of hydrogen-bond acceptors (Lipinski definition) is 2. The normalized spacial score (nSPS) is 19.8. The third-order valence-corrected chi connectivity index (χ3v) is 5.03. The molecular formula is C18H29ClN2. The molecule has 0 aliphatic carbocycles. The van der Waals surface area contributed by atoms with E-state index in [1.807, 2.05) is 12.1 Å². The van der Waals surface area contributed by atoms with Gasteiger partial charge in [0.25, 0.3) is 0 Å². The van der Waals surface area contributed by atoms with E-state index in [-0.39, 0.29) is 0 Å². The Morgan fingerprint density at radius 1 is 1.33 bits per heavy atom. The smallest absolute Gasteiger partial charge is 0.0453 e. The minimum atomic E-state index is 0.357. The van der Waals surface area contributed by atoms with Crippen molar-refractivity contribution in [3.05, 3.63) is 34.9 Å². The average molecular weight is 309 g/mol. The first kappa shape index (κ1) is 16.8. The van der Waals surface area contributed by atoms with E-state index in [2.05, 4.69) is 43.1 Å². The Hall–Kier alpha value is -0.570. The number of halogens is 1. The van der Waals surface area contributed by atoms with Crippen LogP contribution >= 0.6 is 11.6 Å². The summed E-state index contributed by atoms with van der Waals surface area (Å²) in [5, 5.41) is 4.55. The van der Waals surface area contributed by atoms with E-state index in [0.717, 1.165) is 31.0 Å². The highest BCUT2D eigenvalue weighted by Crippen LogP contribution is 2.31. The zero-order valence-corrected chi connectivity index (χ0v) is 14.4. The lowest BCUT2D eigenvalue weighted by Crippen LogP contribution is -2.40. The van der Waals surface area contributed by atoms with Crippen molar-refractivity contribution in [2.75, 3.05) is 19.6 Å². The Kier molecular flexibility index (Phi) is 6.09. The van der Waals surface area contributed by atoms with E-state index >= 15 is 0 Å². The monoisotopic (exact) mass is 308 g/mol. The molecule has 1 atom stereocenters. The fourth-order valence-electron chi connectivity index (χ4n) is 3.31. The van der Waals surface area contributed by atoms with Crippen molar-refractivity contribution < 1.29 is 0 Å². The molecule has 1 fully saturated rings. The number of benzene rings is 1. The first-order chi connectivity index (χ1) is 10.0. The van der Waals surface area contributed by atoms with Crippen LogP contribution in [0.3, 0.4) is 0 Å². The van der Waals surface area contributed by atoms with Gasteiger partial charge in [-0.2, -0.15) is 0 Å². The highest BCUT2D eigenvalue weighted by Gasteiger charge is 2.31. The summed E-state index contributed by atoms with van der Waals surface area (Å²) in [4.78, 5) is 2.63.